The minimum atomic E-state index is -0.00565. The smallest absolute Gasteiger partial charge is 0.251 e. The van der Waals surface area contributed by atoms with E-state index in [0.717, 1.165) is 12.1 Å². The largest absolute Gasteiger partial charge is 0.352 e. The first-order chi connectivity index (χ1) is 7.13. The molecule has 82 valence electrons. The molecule has 3 heteroatoms. The second-order valence-electron chi connectivity index (χ2n) is 3.79. The molecular formula is C12H18N2O. The van der Waals surface area contributed by atoms with Gasteiger partial charge in [0.1, 0.15) is 0 Å². The maximum absolute atomic E-state index is 11.5. The molecule has 15 heavy (non-hydrogen) atoms. The Morgan fingerprint density at radius 1 is 1.27 bits per heavy atom. The zero-order valence-corrected chi connectivity index (χ0v) is 9.58. The molecule has 0 atom stereocenters. The molecule has 0 aliphatic carbocycles. The Hall–Kier alpha value is -1.35. The Morgan fingerprint density at radius 2 is 1.87 bits per heavy atom. The predicted molar refractivity (Wildman–Crippen MR) is 61.8 cm³/mol. The Labute approximate surface area is 91.1 Å². The summed E-state index contributed by atoms with van der Waals surface area (Å²) in [5.41, 5.74) is 1.94. The van der Waals surface area contributed by atoms with Gasteiger partial charge in [0.2, 0.25) is 0 Å². The fourth-order valence-electron chi connectivity index (χ4n) is 1.39. The van der Waals surface area contributed by atoms with E-state index in [9.17, 15) is 4.79 Å². The normalized spacial score (nSPS) is 10.4. The molecule has 0 spiro atoms. The highest BCUT2D eigenvalue weighted by Crippen LogP contribution is 2.05. The van der Waals surface area contributed by atoms with Crippen molar-refractivity contribution in [1.29, 1.82) is 0 Å². The SMILES string of the molecule is CCNC(=O)c1ccc(CN(C)C)cc1. The summed E-state index contributed by atoms with van der Waals surface area (Å²) in [4.78, 5) is 13.6. The Kier molecular flexibility index (Phi) is 4.31. The molecule has 0 unspecified atom stereocenters. The second kappa shape index (κ2) is 5.51. The van der Waals surface area contributed by atoms with Crippen LogP contribution in [0.4, 0.5) is 0 Å². The fraction of sp³-hybridized carbons (Fsp3) is 0.417. The lowest BCUT2D eigenvalue weighted by Gasteiger charge is -2.09. The average molecular weight is 206 g/mol. The van der Waals surface area contributed by atoms with E-state index in [4.69, 9.17) is 0 Å². The van der Waals surface area contributed by atoms with Gasteiger partial charge in [-0.2, -0.15) is 0 Å². The zero-order valence-electron chi connectivity index (χ0n) is 9.58. The first-order valence-corrected chi connectivity index (χ1v) is 5.15. The van der Waals surface area contributed by atoms with Crippen molar-refractivity contribution >= 4 is 5.91 Å². The molecule has 1 aromatic rings. The number of benzene rings is 1. The van der Waals surface area contributed by atoms with Gasteiger partial charge in [0.25, 0.3) is 5.91 Å². The van der Waals surface area contributed by atoms with Gasteiger partial charge in [-0.1, -0.05) is 12.1 Å². The van der Waals surface area contributed by atoms with Gasteiger partial charge < -0.3 is 10.2 Å². The third-order valence-electron chi connectivity index (χ3n) is 2.05. The van der Waals surface area contributed by atoms with E-state index in [1.165, 1.54) is 5.56 Å². The lowest BCUT2D eigenvalue weighted by atomic mass is 10.1. The van der Waals surface area contributed by atoms with E-state index in [2.05, 4.69) is 10.2 Å². The highest BCUT2D eigenvalue weighted by molar-refractivity contribution is 5.94. The van der Waals surface area contributed by atoms with E-state index < -0.39 is 0 Å². The Morgan fingerprint density at radius 3 is 2.33 bits per heavy atom. The molecule has 0 radical (unpaired) electrons. The topological polar surface area (TPSA) is 32.3 Å². The lowest BCUT2D eigenvalue weighted by molar-refractivity contribution is 0.0956. The van der Waals surface area contributed by atoms with Crippen LogP contribution in [-0.4, -0.2) is 31.4 Å². The van der Waals surface area contributed by atoms with E-state index in [1.807, 2.05) is 45.3 Å². The predicted octanol–water partition coefficient (Wildman–Crippen LogP) is 1.50. The van der Waals surface area contributed by atoms with Gasteiger partial charge in [0, 0.05) is 18.7 Å². The van der Waals surface area contributed by atoms with Crippen LogP contribution in [0.25, 0.3) is 0 Å². The molecule has 1 rings (SSSR count). The minimum absolute atomic E-state index is 0.00565. The molecular weight excluding hydrogens is 188 g/mol. The molecule has 3 nitrogen and oxygen atoms in total. The maximum atomic E-state index is 11.5. The molecule has 0 saturated heterocycles. The Bertz CT molecular complexity index is 317. The van der Waals surface area contributed by atoms with E-state index in [0.29, 0.717) is 6.54 Å². The van der Waals surface area contributed by atoms with Crippen LogP contribution in [0.5, 0.6) is 0 Å². The molecule has 0 saturated carbocycles. The molecule has 1 N–H and O–H groups in total. The first kappa shape index (κ1) is 11.7. The summed E-state index contributed by atoms with van der Waals surface area (Å²) in [6, 6.07) is 7.71. The van der Waals surface area contributed by atoms with Gasteiger partial charge >= 0.3 is 0 Å². The van der Waals surface area contributed by atoms with Gasteiger partial charge in [-0.05, 0) is 38.7 Å². The van der Waals surface area contributed by atoms with Crippen molar-refractivity contribution < 1.29 is 4.79 Å². The van der Waals surface area contributed by atoms with Crippen molar-refractivity contribution in [2.75, 3.05) is 20.6 Å². The van der Waals surface area contributed by atoms with Crippen molar-refractivity contribution in [2.45, 2.75) is 13.5 Å². The van der Waals surface area contributed by atoms with Crippen molar-refractivity contribution in [3.05, 3.63) is 35.4 Å². The molecule has 0 fully saturated rings. The van der Waals surface area contributed by atoms with Crippen molar-refractivity contribution in [3.63, 3.8) is 0 Å². The average Bonchev–Trinajstić information content (AvgIpc) is 2.18. The number of hydrogen-bond donors (Lipinski definition) is 1. The van der Waals surface area contributed by atoms with Crippen LogP contribution in [0.15, 0.2) is 24.3 Å². The number of rotatable bonds is 4. The van der Waals surface area contributed by atoms with Gasteiger partial charge in [-0.25, -0.2) is 0 Å². The molecule has 0 aliphatic rings. The van der Waals surface area contributed by atoms with Crippen molar-refractivity contribution in [2.24, 2.45) is 0 Å². The molecule has 0 aromatic heterocycles. The standard InChI is InChI=1S/C12H18N2O/c1-4-13-12(15)11-7-5-10(6-8-11)9-14(2)3/h5-8H,4,9H2,1-3H3,(H,13,15). The summed E-state index contributed by atoms with van der Waals surface area (Å²) in [7, 11) is 4.05. The van der Waals surface area contributed by atoms with Gasteiger partial charge in [0.15, 0.2) is 0 Å². The third kappa shape index (κ3) is 3.72. The lowest BCUT2D eigenvalue weighted by Crippen LogP contribution is -2.22. The number of amides is 1. The molecule has 0 bridgehead atoms. The molecule has 1 amide bonds. The van der Waals surface area contributed by atoms with E-state index >= 15 is 0 Å². The van der Waals surface area contributed by atoms with Crippen LogP contribution in [0.3, 0.4) is 0 Å². The molecule has 0 heterocycles. The minimum Gasteiger partial charge on any atom is -0.352 e. The summed E-state index contributed by atoms with van der Waals surface area (Å²) < 4.78 is 0. The Balaban J connectivity index is 2.67. The quantitative estimate of drug-likeness (QED) is 0.809. The summed E-state index contributed by atoms with van der Waals surface area (Å²) in [6.45, 7) is 3.48. The summed E-state index contributed by atoms with van der Waals surface area (Å²) in [5, 5.41) is 2.77. The summed E-state index contributed by atoms with van der Waals surface area (Å²) in [6.07, 6.45) is 0. The fourth-order valence-corrected chi connectivity index (χ4v) is 1.39. The molecule has 1 aromatic carbocycles. The highest BCUT2D eigenvalue weighted by atomic mass is 16.1. The number of carbonyl (C=O) groups is 1. The van der Waals surface area contributed by atoms with Crippen LogP contribution >= 0.6 is 0 Å². The number of hydrogen-bond acceptors (Lipinski definition) is 2. The van der Waals surface area contributed by atoms with E-state index in [1.54, 1.807) is 0 Å². The number of nitrogens with one attached hydrogen (secondary N) is 1. The summed E-state index contributed by atoms with van der Waals surface area (Å²) >= 11 is 0. The van der Waals surface area contributed by atoms with Crippen molar-refractivity contribution in [1.82, 2.24) is 10.2 Å². The van der Waals surface area contributed by atoms with Crippen LogP contribution in [-0.2, 0) is 6.54 Å². The van der Waals surface area contributed by atoms with Crippen LogP contribution in [0, 0.1) is 0 Å². The number of nitrogens with zero attached hydrogens (tertiary/aromatic N) is 1. The van der Waals surface area contributed by atoms with Gasteiger partial charge in [0.05, 0.1) is 0 Å². The van der Waals surface area contributed by atoms with Crippen LogP contribution < -0.4 is 5.32 Å². The van der Waals surface area contributed by atoms with E-state index in [-0.39, 0.29) is 5.91 Å². The summed E-state index contributed by atoms with van der Waals surface area (Å²) in [5.74, 6) is -0.00565. The maximum Gasteiger partial charge on any atom is 0.251 e. The van der Waals surface area contributed by atoms with Gasteiger partial charge in [-0.3, -0.25) is 4.79 Å². The second-order valence-corrected chi connectivity index (χ2v) is 3.79. The zero-order chi connectivity index (χ0) is 11.3. The molecule has 0 aliphatic heterocycles. The van der Waals surface area contributed by atoms with Crippen LogP contribution in [0.1, 0.15) is 22.8 Å². The van der Waals surface area contributed by atoms with Crippen LogP contribution in [0.2, 0.25) is 0 Å². The third-order valence-corrected chi connectivity index (χ3v) is 2.05. The monoisotopic (exact) mass is 206 g/mol. The van der Waals surface area contributed by atoms with Crippen molar-refractivity contribution in [3.8, 4) is 0 Å². The number of carbonyl (C=O) groups excluding carboxylic acids is 1. The highest BCUT2D eigenvalue weighted by Gasteiger charge is 2.03. The van der Waals surface area contributed by atoms with Gasteiger partial charge in [-0.15, -0.1) is 0 Å². The first-order valence-electron chi connectivity index (χ1n) is 5.15.